The first kappa shape index (κ1) is 10.5. The van der Waals surface area contributed by atoms with Crippen LogP contribution in [0.25, 0.3) is 0 Å². The van der Waals surface area contributed by atoms with Gasteiger partial charge in [-0.2, -0.15) is 0 Å². The van der Waals surface area contributed by atoms with Crippen molar-refractivity contribution in [1.82, 2.24) is 9.97 Å². The maximum Gasteiger partial charge on any atom is 0.219 e. The number of hydrogen-bond acceptors (Lipinski definition) is 3. The van der Waals surface area contributed by atoms with Gasteiger partial charge in [0.1, 0.15) is 0 Å². The van der Waals surface area contributed by atoms with Crippen molar-refractivity contribution >= 4 is 5.95 Å². The number of anilines is 1. The van der Waals surface area contributed by atoms with Gasteiger partial charge in [0.2, 0.25) is 5.95 Å². The Kier molecular flexibility index (Phi) is 4.49. The van der Waals surface area contributed by atoms with Crippen LogP contribution in [0.1, 0.15) is 38.2 Å². The first-order chi connectivity index (χ1) is 6.83. The van der Waals surface area contributed by atoms with E-state index in [4.69, 9.17) is 5.73 Å². The average molecular weight is 189 g/mol. The van der Waals surface area contributed by atoms with Gasteiger partial charge in [-0.15, -0.1) is 0 Å². The molecule has 0 aliphatic heterocycles. The largest absolute Gasteiger partial charge is 0.368 e. The molecule has 74 valence electrons. The molecule has 0 spiro atoms. The van der Waals surface area contributed by atoms with Gasteiger partial charge >= 0.3 is 0 Å². The van der Waals surface area contributed by atoms with Gasteiger partial charge in [0.25, 0.3) is 0 Å². The van der Waals surface area contributed by atoms with Crippen molar-refractivity contribution in [3.8, 4) is 11.8 Å². The fraction of sp³-hybridized carbons (Fsp3) is 0.455. The van der Waals surface area contributed by atoms with Crippen LogP contribution >= 0.6 is 0 Å². The molecule has 0 aromatic carbocycles. The summed E-state index contributed by atoms with van der Waals surface area (Å²) in [7, 11) is 0. The molecule has 0 aliphatic rings. The minimum Gasteiger partial charge on any atom is -0.368 e. The fourth-order valence-corrected chi connectivity index (χ4v) is 1.03. The van der Waals surface area contributed by atoms with Crippen molar-refractivity contribution in [2.24, 2.45) is 0 Å². The minimum atomic E-state index is 0.293. The number of rotatable bonds is 3. The van der Waals surface area contributed by atoms with Crippen LogP contribution in [-0.2, 0) is 0 Å². The molecule has 0 aliphatic carbocycles. The molecule has 14 heavy (non-hydrogen) atoms. The Morgan fingerprint density at radius 3 is 2.64 bits per heavy atom. The number of nitrogens with two attached hydrogens (primary N) is 1. The molecule has 0 saturated heterocycles. The second-order valence-corrected chi connectivity index (χ2v) is 3.09. The molecule has 0 unspecified atom stereocenters. The minimum absolute atomic E-state index is 0.293. The molecule has 1 aromatic rings. The van der Waals surface area contributed by atoms with Crippen molar-refractivity contribution < 1.29 is 0 Å². The standard InChI is InChI=1S/C11H15N3/c1-2-3-4-5-6-7-10-8-13-11(12)14-9-10/h8-9H,2-5H2,1H3,(H2,12,13,14). The second-order valence-electron chi connectivity index (χ2n) is 3.09. The Labute approximate surface area is 84.8 Å². The van der Waals surface area contributed by atoms with E-state index in [1.54, 1.807) is 12.4 Å². The summed E-state index contributed by atoms with van der Waals surface area (Å²) in [4.78, 5) is 7.72. The summed E-state index contributed by atoms with van der Waals surface area (Å²) in [6.45, 7) is 2.18. The molecule has 1 heterocycles. The number of hydrogen-bond donors (Lipinski definition) is 1. The van der Waals surface area contributed by atoms with Gasteiger partial charge in [0.05, 0.1) is 5.56 Å². The van der Waals surface area contributed by atoms with Crippen molar-refractivity contribution in [2.75, 3.05) is 5.73 Å². The molecule has 1 rings (SSSR count). The summed E-state index contributed by atoms with van der Waals surface area (Å²) in [5, 5.41) is 0. The van der Waals surface area contributed by atoms with E-state index in [9.17, 15) is 0 Å². The zero-order valence-corrected chi connectivity index (χ0v) is 8.45. The molecule has 0 bridgehead atoms. The molecule has 0 radical (unpaired) electrons. The number of unbranched alkanes of at least 4 members (excludes halogenated alkanes) is 3. The van der Waals surface area contributed by atoms with Gasteiger partial charge in [-0.1, -0.05) is 31.6 Å². The highest BCUT2D eigenvalue weighted by Gasteiger charge is 1.88. The Morgan fingerprint density at radius 2 is 2.00 bits per heavy atom. The van der Waals surface area contributed by atoms with E-state index < -0.39 is 0 Å². The lowest BCUT2D eigenvalue weighted by Gasteiger charge is -1.90. The van der Waals surface area contributed by atoms with E-state index in [-0.39, 0.29) is 0 Å². The van der Waals surface area contributed by atoms with Crippen molar-refractivity contribution in [2.45, 2.75) is 32.6 Å². The van der Waals surface area contributed by atoms with Crippen LogP contribution in [-0.4, -0.2) is 9.97 Å². The summed E-state index contributed by atoms with van der Waals surface area (Å²) in [6.07, 6.45) is 7.88. The third kappa shape index (κ3) is 3.90. The van der Waals surface area contributed by atoms with Crippen molar-refractivity contribution in [1.29, 1.82) is 0 Å². The predicted octanol–water partition coefficient (Wildman–Crippen LogP) is 1.99. The van der Waals surface area contributed by atoms with Crippen LogP contribution in [0.4, 0.5) is 5.95 Å². The molecule has 0 amide bonds. The van der Waals surface area contributed by atoms with Gasteiger partial charge in [-0.05, 0) is 6.42 Å². The Balaban J connectivity index is 2.39. The average Bonchev–Trinajstić information content (AvgIpc) is 2.21. The van der Waals surface area contributed by atoms with Gasteiger partial charge in [-0.3, -0.25) is 0 Å². The molecule has 2 N–H and O–H groups in total. The molecule has 3 nitrogen and oxygen atoms in total. The summed E-state index contributed by atoms with van der Waals surface area (Å²) < 4.78 is 0. The first-order valence-electron chi connectivity index (χ1n) is 4.89. The third-order valence-electron chi connectivity index (χ3n) is 1.81. The summed E-state index contributed by atoms with van der Waals surface area (Å²) in [6, 6.07) is 0. The van der Waals surface area contributed by atoms with Crippen molar-refractivity contribution in [3.05, 3.63) is 18.0 Å². The highest BCUT2D eigenvalue weighted by atomic mass is 15.0. The van der Waals surface area contributed by atoms with E-state index in [0.29, 0.717) is 5.95 Å². The SMILES string of the molecule is CCCCCC#Cc1cnc(N)nc1. The Bertz CT molecular complexity index is 319. The maximum atomic E-state index is 5.35. The second kappa shape index (κ2) is 5.98. The summed E-state index contributed by atoms with van der Waals surface area (Å²) in [5.74, 6) is 6.38. The third-order valence-corrected chi connectivity index (χ3v) is 1.81. The van der Waals surface area contributed by atoms with E-state index in [1.807, 2.05) is 0 Å². The smallest absolute Gasteiger partial charge is 0.219 e. The quantitative estimate of drug-likeness (QED) is 0.584. The normalized spacial score (nSPS) is 9.21. The summed E-state index contributed by atoms with van der Waals surface area (Å²) >= 11 is 0. The molecule has 0 atom stereocenters. The van der Waals surface area contributed by atoms with Crippen LogP contribution in [0, 0.1) is 11.8 Å². The van der Waals surface area contributed by atoms with Crippen LogP contribution in [0.5, 0.6) is 0 Å². The highest BCUT2D eigenvalue weighted by molar-refractivity contribution is 5.31. The Hall–Kier alpha value is -1.56. The number of aromatic nitrogens is 2. The molecule has 3 heteroatoms. The van der Waals surface area contributed by atoms with Crippen molar-refractivity contribution in [3.63, 3.8) is 0 Å². The summed E-state index contributed by atoms with van der Waals surface area (Å²) in [5.41, 5.74) is 6.18. The van der Waals surface area contributed by atoms with Crippen LogP contribution < -0.4 is 5.73 Å². The molecule has 1 aromatic heterocycles. The maximum absolute atomic E-state index is 5.35. The van der Waals surface area contributed by atoms with Crippen LogP contribution in [0.3, 0.4) is 0 Å². The topological polar surface area (TPSA) is 51.8 Å². The van der Waals surface area contributed by atoms with E-state index in [2.05, 4.69) is 28.7 Å². The zero-order valence-electron chi connectivity index (χ0n) is 8.45. The van der Waals surface area contributed by atoms with E-state index in [0.717, 1.165) is 12.0 Å². The molecule has 0 saturated carbocycles. The molecule has 0 fully saturated rings. The fourth-order valence-electron chi connectivity index (χ4n) is 1.03. The lowest BCUT2D eigenvalue weighted by Crippen LogP contribution is -1.93. The molecular formula is C11H15N3. The highest BCUT2D eigenvalue weighted by Crippen LogP contribution is 1.98. The van der Waals surface area contributed by atoms with Crippen LogP contribution in [0.15, 0.2) is 12.4 Å². The molecular weight excluding hydrogens is 174 g/mol. The number of nitrogens with zero attached hydrogens (tertiary/aromatic N) is 2. The van der Waals surface area contributed by atoms with Gasteiger partial charge in [0.15, 0.2) is 0 Å². The lowest BCUT2D eigenvalue weighted by atomic mass is 10.2. The van der Waals surface area contributed by atoms with E-state index in [1.165, 1.54) is 19.3 Å². The zero-order chi connectivity index (χ0) is 10.2. The van der Waals surface area contributed by atoms with E-state index >= 15 is 0 Å². The predicted molar refractivity (Wildman–Crippen MR) is 57.5 cm³/mol. The van der Waals surface area contributed by atoms with Gasteiger partial charge < -0.3 is 5.73 Å². The monoisotopic (exact) mass is 189 g/mol. The number of nitrogen functional groups attached to an aromatic ring is 1. The van der Waals surface area contributed by atoms with Crippen LogP contribution in [0.2, 0.25) is 0 Å². The van der Waals surface area contributed by atoms with Gasteiger partial charge in [-0.25, -0.2) is 9.97 Å². The lowest BCUT2D eigenvalue weighted by molar-refractivity contribution is 0.737. The van der Waals surface area contributed by atoms with Gasteiger partial charge in [0, 0.05) is 18.8 Å². The first-order valence-corrected chi connectivity index (χ1v) is 4.89. The Morgan fingerprint density at radius 1 is 1.29 bits per heavy atom.